The van der Waals surface area contributed by atoms with E-state index < -0.39 is 0 Å². The summed E-state index contributed by atoms with van der Waals surface area (Å²) in [6.45, 7) is 5.62. The van der Waals surface area contributed by atoms with Crippen molar-refractivity contribution in [2.24, 2.45) is 0 Å². The Labute approximate surface area is 150 Å². The molecule has 0 atom stereocenters. The molecule has 0 saturated carbocycles. The number of carbonyl (C=O) groups is 2. The average molecular weight is 355 g/mol. The standard InChI is InChI=1S/C16H24N2O3.C2H6S/c1-16(2,3)21-11-14(19)10-17-15(20)12-6-8-13(9-7-12)18(4)5;1-3-2/h6-9H,10-11H2,1-5H3,(H,17,20);1-2H3. The van der Waals surface area contributed by atoms with Crippen molar-refractivity contribution in [1.29, 1.82) is 0 Å². The summed E-state index contributed by atoms with van der Waals surface area (Å²) in [6.07, 6.45) is 4.08. The van der Waals surface area contributed by atoms with Gasteiger partial charge in [0.25, 0.3) is 5.91 Å². The van der Waals surface area contributed by atoms with Crippen LogP contribution in [0.15, 0.2) is 24.3 Å². The van der Waals surface area contributed by atoms with Crippen molar-refractivity contribution in [1.82, 2.24) is 5.32 Å². The van der Waals surface area contributed by atoms with Gasteiger partial charge in [0.05, 0.1) is 12.1 Å². The van der Waals surface area contributed by atoms with Gasteiger partial charge in [-0.05, 0) is 57.5 Å². The van der Waals surface area contributed by atoms with E-state index in [-0.39, 0.29) is 30.4 Å². The highest BCUT2D eigenvalue weighted by atomic mass is 32.2. The van der Waals surface area contributed by atoms with Gasteiger partial charge < -0.3 is 15.0 Å². The summed E-state index contributed by atoms with van der Waals surface area (Å²) >= 11 is 1.75. The van der Waals surface area contributed by atoms with Gasteiger partial charge in [-0.25, -0.2) is 0 Å². The Morgan fingerprint density at radius 1 is 1.12 bits per heavy atom. The molecule has 6 heteroatoms. The number of ether oxygens (including phenoxy) is 1. The van der Waals surface area contributed by atoms with Crippen LogP contribution in [0.1, 0.15) is 31.1 Å². The van der Waals surface area contributed by atoms with E-state index in [1.54, 1.807) is 23.9 Å². The lowest BCUT2D eigenvalue weighted by molar-refractivity contribution is -0.127. The topological polar surface area (TPSA) is 58.6 Å². The number of rotatable bonds is 6. The predicted octanol–water partition coefficient (Wildman–Crippen LogP) is 2.85. The molecule has 0 heterocycles. The van der Waals surface area contributed by atoms with Crippen LogP contribution < -0.4 is 10.2 Å². The van der Waals surface area contributed by atoms with Gasteiger partial charge >= 0.3 is 0 Å². The van der Waals surface area contributed by atoms with Gasteiger partial charge in [0.2, 0.25) is 0 Å². The van der Waals surface area contributed by atoms with Crippen LogP contribution >= 0.6 is 11.8 Å². The quantitative estimate of drug-likeness (QED) is 0.851. The van der Waals surface area contributed by atoms with Crippen molar-refractivity contribution in [2.45, 2.75) is 26.4 Å². The van der Waals surface area contributed by atoms with Crippen LogP contribution in [0.25, 0.3) is 0 Å². The molecular weight excluding hydrogens is 324 g/mol. The molecule has 0 unspecified atom stereocenters. The van der Waals surface area contributed by atoms with Gasteiger partial charge in [-0.2, -0.15) is 11.8 Å². The number of Topliss-reactive ketones (excluding diaryl/α,β-unsaturated/α-hetero) is 1. The highest BCUT2D eigenvalue weighted by Gasteiger charge is 2.14. The second-order valence-electron chi connectivity index (χ2n) is 6.47. The highest BCUT2D eigenvalue weighted by molar-refractivity contribution is 7.97. The van der Waals surface area contributed by atoms with Crippen molar-refractivity contribution < 1.29 is 14.3 Å². The van der Waals surface area contributed by atoms with Crippen LogP contribution in [-0.4, -0.2) is 57.0 Å². The molecule has 0 saturated heterocycles. The number of carbonyl (C=O) groups excluding carboxylic acids is 2. The van der Waals surface area contributed by atoms with Crippen LogP contribution in [0.2, 0.25) is 0 Å². The molecule has 1 aromatic rings. The number of thioether (sulfide) groups is 1. The number of hydrogen-bond donors (Lipinski definition) is 1. The molecule has 0 aliphatic heterocycles. The summed E-state index contributed by atoms with van der Waals surface area (Å²) in [6, 6.07) is 7.19. The number of anilines is 1. The highest BCUT2D eigenvalue weighted by Crippen LogP contribution is 2.12. The van der Waals surface area contributed by atoms with E-state index in [1.807, 2.05) is 64.4 Å². The molecule has 1 aromatic carbocycles. The maximum absolute atomic E-state index is 11.9. The predicted molar refractivity (Wildman–Crippen MR) is 103 cm³/mol. The van der Waals surface area contributed by atoms with Crippen LogP contribution in [-0.2, 0) is 9.53 Å². The van der Waals surface area contributed by atoms with Crippen molar-refractivity contribution >= 4 is 29.1 Å². The lowest BCUT2D eigenvalue weighted by atomic mass is 10.2. The third-order valence-corrected chi connectivity index (χ3v) is 2.76. The monoisotopic (exact) mass is 354 g/mol. The SMILES string of the molecule is CN(C)c1ccc(C(=O)NCC(=O)COC(C)(C)C)cc1.CSC. The molecule has 0 bridgehead atoms. The second kappa shape index (κ2) is 11.1. The van der Waals surface area contributed by atoms with Crippen LogP contribution in [0.3, 0.4) is 0 Å². The first-order chi connectivity index (χ1) is 11.1. The Balaban J connectivity index is 0.00000163. The maximum Gasteiger partial charge on any atom is 0.251 e. The summed E-state index contributed by atoms with van der Waals surface area (Å²) < 4.78 is 5.36. The zero-order valence-corrected chi connectivity index (χ0v) is 16.6. The summed E-state index contributed by atoms with van der Waals surface area (Å²) in [5.74, 6) is -0.410. The van der Waals surface area contributed by atoms with E-state index in [0.717, 1.165) is 5.69 Å². The Morgan fingerprint density at radius 3 is 2.04 bits per heavy atom. The number of nitrogens with one attached hydrogen (secondary N) is 1. The van der Waals surface area contributed by atoms with E-state index in [4.69, 9.17) is 4.74 Å². The second-order valence-corrected chi connectivity index (χ2v) is 7.29. The Bertz CT molecular complexity index is 508. The van der Waals surface area contributed by atoms with Crippen LogP contribution in [0.5, 0.6) is 0 Å². The first-order valence-electron chi connectivity index (χ1n) is 7.72. The maximum atomic E-state index is 11.9. The number of amides is 1. The van der Waals surface area contributed by atoms with Gasteiger partial charge in [0.15, 0.2) is 5.78 Å². The minimum absolute atomic E-state index is 0.00332. The largest absolute Gasteiger partial charge is 0.378 e. The van der Waals surface area contributed by atoms with Gasteiger partial charge in [-0.15, -0.1) is 0 Å². The molecule has 0 fully saturated rings. The molecule has 0 radical (unpaired) electrons. The summed E-state index contributed by atoms with van der Waals surface area (Å²) in [5.41, 5.74) is 1.19. The minimum atomic E-state index is -0.359. The van der Waals surface area contributed by atoms with Crippen LogP contribution in [0.4, 0.5) is 5.69 Å². The van der Waals surface area contributed by atoms with Crippen molar-refractivity contribution in [3.63, 3.8) is 0 Å². The minimum Gasteiger partial charge on any atom is -0.378 e. The van der Waals surface area contributed by atoms with Crippen molar-refractivity contribution in [3.05, 3.63) is 29.8 Å². The molecule has 136 valence electrons. The number of hydrogen-bond acceptors (Lipinski definition) is 5. The third kappa shape index (κ3) is 10.3. The van der Waals surface area contributed by atoms with Gasteiger partial charge in [0, 0.05) is 25.3 Å². The number of ketones is 1. The first kappa shape index (κ1) is 22.5. The fraction of sp³-hybridized carbons (Fsp3) is 0.556. The number of nitrogens with zero attached hydrogens (tertiary/aromatic N) is 1. The summed E-state index contributed by atoms with van der Waals surface area (Å²) in [5, 5.41) is 2.60. The summed E-state index contributed by atoms with van der Waals surface area (Å²) in [7, 11) is 3.87. The zero-order chi connectivity index (χ0) is 18.8. The lowest BCUT2D eigenvalue weighted by Gasteiger charge is -2.18. The fourth-order valence-electron chi connectivity index (χ4n) is 1.54. The van der Waals surface area contributed by atoms with E-state index in [9.17, 15) is 9.59 Å². The average Bonchev–Trinajstić information content (AvgIpc) is 2.50. The van der Waals surface area contributed by atoms with Crippen LogP contribution in [0, 0.1) is 0 Å². The molecule has 0 aliphatic carbocycles. The van der Waals surface area contributed by atoms with Gasteiger partial charge in [-0.1, -0.05) is 0 Å². The fourth-order valence-corrected chi connectivity index (χ4v) is 1.54. The zero-order valence-electron chi connectivity index (χ0n) is 15.8. The van der Waals surface area contributed by atoms with Crippen molar-refractivity contribution in [3.8, 4) is 0 Å². The molecule has 0 spiro atoms. The Kier molecular flexibility index (Phi) is 10.4. The van der Waals surface area contributed by atoms with Gasteiger partial charge in [0.1, 0.15) is 6.61 Å². The molecule has 5 nitrogen and oxygen atoms in total. The summed E-state index contributed by atoms with van der Waals surface area (Å²) in [4.78, 5) is 25.5. The molecular formula is C18H30N2O3S. The number of benzene rings is 1. The molecule has 0 aromatic heterocycles. The first-order valence-corrected chi connectivity index (χ1v) is 9.35. The Hall–Kier alpha value is -1.53. The molecule has 24 heavy (non-hydrogen) atoms. The van der Waals surface area contributed by atoms with Crippen molar-refractivity contribution in [2.75, 3.05) is 44.7 Å². The molecule has 0 aliphatic rings. The molecule has 1 amide bonds. The smallest absolute Gasteiger partial charge is 0.251 e. The lowest BCUT2D eigenvalue weighted by Crippen LogP contribution is -2.33. The van der Waals surface area contributed by atoms with E-state index >= 15 is 0 Å². The van der Waals surface area contributed by atoms with E-state index in [2.05, 4.69) is 5.32 Å². The van der Waals surface area contributed by atoms with E-state index in [1.165, 1.54) is 0 Å². The van der Waals surface area contributed by atoms with E-state index in [0.29, 0.717) is 5.56 Å². The molecule has 1 rings (SSSR count). The Morgan fingerprint density at radius 2 is 1.62 bits per heavy atom. The van der Waals surface area contributed by atoms with Gasteiger partial charge in [-0.3, -0.25) is 9.59 Å². The molecule has 1 N–H and O–H groups in total. The normalized spacial score (nSPS) is 10.5. The third-order valence-electron chi connectivity index (χ3n) is 2.76.